The fraction of sp³-hybridized carbons (Fsp3) is 0.480. The molecule has 0 spiro atoms. The Bertz CT molecular complexity index is 928. The maximum Gasteiger partial charge on any atom is 0.142 e. The molecule has 0 aliphatic carbocycles. The number of anilines is 1. The number of benzene rings is 2. The van der Waals surface area contributed by atoms with Crippen LogP contribution in [0.4, 0.5) is 5.69 Å². The van der Waals surface area contributed by atoms with E-state index in [9.17, 15) is 5.26 Å². The van der Waals surface area contributed by atoms with Crippen molar-refractivity contribution in [1.29, 1.82) is 5.26 Å². The highest BCUT2D eigenvalue weighted by atomic mass is 35.5. The Morgan fingerprint density at radius 3 is 2.65 bits per heavy atom. The quantitative estimate of drug-likeness (QED) is 0.642. The van der Waals surface area contributed by atoms with E-state index >= 15 is 0 Å². The van der Waals surface area contributed by atoms with E-state index in [2.05, 4.69) is 39.0 Å². The first kappa shape index (κ1) is 22.0. The van der Waals surface area contributed by atoms with E-state index in [1.807, 2.05) is 24.3 Å². The van der Waals surface area contributed by atoms with Crippen molar-refractivity contribution in [1.82, 2.24) is 9.80 Å². The van der Waals surface area contributed by atoms with E-state index in [4.69, 9.17) is 16.3 Å². The summed E-state index contributed by atoms with van der Waals surface area (Å²) in [4.78, 5) is 7.43. The highest BCUT2D eigenvalue weighted by molar-refractivity contribution is 6.31. The summed E-state index contributed by atoms with van der Waals surface area (Å²) in [6.45, 7) is 8.13. The topological polar surface area (TPSA) is 42.7 Å². The summed E-state index contributed by atoms with van der Waals surface area (Å²) < 4.78 is 5.59. The van der Waals surface area contributed by atoms with Crippen LogP contribution in [0.3, 0.4) is 0 Å². The van der Waals surface area contributed by atoms with Crippen molar-refractivity contribution in [2.24, 2.45) is 0 Å². The van der Waals surface area contributed by atoms with Crippen LogP contribution < -0.4 is 9.64 Å². The molecule has 2 aromatic rings. The molecule has 2 aliphatic heterocycles. The molecule has 2 aromatic carbocycles. The van der Waals surface area contributed by atoms with E-state index in [1.54, 1.807) is 7.11 Å². The fourth-order valence-corrected chi connectivity index (χ4v) is 5.00. The third-order valence-electron chi connectivity index (χ3n) is 6.44. The van der Waals surface area contributed by atoms with Crippen molar-refractivity contribution < 1.29 is 4.74 Å². The van der Waals surface area contributed by atoms with Gasteiger partial charge in [0.15, 0.2) is 0 Å². The lowest BCUT2D eigenvalue weighted by atomic mass is 10.0. The summed E-state index contributed by atoms with van der Waals surface area (Å²) in [5.74, 6) is 0.807. The molecule has 1 unspecified atom stereocenters. The number of fused-ring (bicyclic) bond motifs is 1. The highest BCUT2D eigenvalue weighted by Gasteiger charge is 2.31. The third-order valence-corrected chi connectivity index (χ3v) is 6.80. The summed E-state index contributed by atoms with van der Waals surface area (Å²) in [7, 11) is 1.71. The minimum atomic E-state index is -0.0679. The maximum atomic E-state index is 9.56. The Kier molecular flexibility index (Phi) is 7.34. The van der Waals surface area contributed by atoms with Crippen LogP contribution in [0.2, 0.25) is 5.02 Å². The number of para-hydroxylation sites is 1. The Morgan fingerprint density at radius 1 is 1.03 bits per heavy atom. The van der Waals surface area contributed by atoms with E-state index < -0.39 is 0 Å². The molecule has 2 heterocycles. The monoisotopic (exact) mass is 438 g/mol. The molecule has 0 saturated carbocycles. The predicted molar refractivity (Wildman–Crippen MR) is 126 cm³/mol. The van der Waals surface area contributed by atoms with Gasteiger partial charge in [0.1, 0.15) is 5.75 Å². The van der Waals surface area contributed by atoms with Crippen LogP contribution in [-0.4, -0.2) is 62.7 Å². The van der Waals surface area contributed by atoms with Crippen LogP contribution in [0.1, 0.15) is 29.9 Å². The van der Waals surface area contributed by atoms with Crippen LogP contribution >= 0.6 is 11.6 Å². The Hall–Kier alpha value is -2.26. The van der Waals surface area contributed by atoms with E-state index in [0.717, 1.165) is 80.8 Å². The third kappa shape index (κ3) is 5.15. The average molecular weight is 439 g/mol. The molecular formula is C25H31ClN4O. The molecule has 164 valence electrons. The first-order valence-electron chi connectivity index (χ1n) is 11.2. The number of rotatable bonds is 7. The standard InChI is InChI=1S/C25H31ClN4O/c1-31-24-10-4-8-22-21(17-27)19-30(25(22)24)14-6-12-28-11-5-13-29(16-15-28)18-20-7-2-3-9-23(20)26/h2-4,7-10,21H,5-6,11-16,18-19H2,1H3. The lowest BCUT2D eigenvalue weighted by Crippen LogP contribution is -2.33. The van der Waals surface area contributed by atoms with Crippen molar-refractivity contribution in [2.75, 3.05) is 57.8 Å². The highest BCUT2D eigenvalue weighted by Crippen LogP contribution is 2.42. The van der Waals surface area contributed by atoms with Crippen molar-refractivity contribution in [3.8, 4) is 11.8 Å². The van der Waals surface area contributed by atoms with Crippen molar-refractivity contribution >= 4 is 17.3 Å². The van der Waals surface area contributed by atoms with E-state index in [-0.39, 0.29) is 5.92 Å². The van der Waals surface area contributed by atoms with E-state index in [0.29, 0.717) is 0 Å². The largest absolute Gasteiger partial charge is 0.495 e. The van der Waals surface area contributed by atoms with Gasteiger partial charge in [-0.3, -0.25) is 4.90 Å². The molecule has 1 atom stereocenters. The smallest absolute Gasteiger partial charge is 0.142 e. The summed E-state index contributed by atoms with van der Waals surface area (Å²) in [5.41, 5.74) is 3.43. The second-order valence-corrected chi connectivity index (χ2v) is 8.85. The molecule has 0 N–H and O–H groups in total. The second kappa shape index (κ2) is 10.4. The zero-order chi connectivity index (χ0) is 21.6. The van der Waals surface area contributed by atoms with Crippen LogP contribution in [-0.2, 0) is 6.54 Å². The molecule has 1 saturated heterocycles. The number of halogens is 1. The molecule has 1 fully saturated rings. The fourth-order valence-electron chi connectivity index (χ4n) is 4.81. The SMILES string of the molecule is COc1cccc2c1N(CCCN1CCCN(Cc3ccccc3Cl)CC1)CC2C#N. The van der Waals surface area contributed by atoms with Gasteiger partial charge in [-0.15, -0.1) is 0 Å². The zero-order valence-corrected chi connectivity index (χ0v) is 19.0. The summed E-state index contributed by atoms with van der Waals surface area (Å²) >= 11 is 6.35. The molecular weight excluding hydrogens is 408 g/mol. The molecule has 0 bridgehead atoms. The second-order valence-electron chi connectivity index (χ2n) is 8.44. The van der Waals surface area contributed by atoms with Gasteiger partial charge in [-0.25, -0.2) is 0 Å². The molecule has 2 aliphatic rings. The number of hydrogen-bond acceptors (Lipinski definition) is 5. The van der Waals surface area contributed by atoms with Gasteiger partial charge in [0.2, 0.25) is 0 Å². The lowest BCUT2D eigenvalue weighted by Gasteiger charge is -2.25. The van der Waals surface area contributed by atoms with Crippen molar-refractivity contribution in [2.45, 2.75) is 25.3 Å². The average Bonchev–Trinajstić information content (AvgIpc) is 3.00. The van der Waals surface area contributed by atoms with Gasteiger partial charge in [0.25, 0.3) is 0 Å². The number of ether oxygens (including phenoxy) is 1. The molecule has 4 rings (SSSR count). The number of nitriles is 1. The molecule has 0 radical (unpaired) electrons. The number of methoxy groups -OCH3 is 1. The molecule has 0 aromatic heterocycles. The van der Waals surface area contributed by atoms with E-state index in [1.165, 1.54) is 12.0 Å². The van der Waals surface area contributed by atoms with Gasteiger partial charge in [-0.05, 0) is 55.7 Å². The molecule has 0 amide bonds. The van der Waals surface area contributed by atoms with Crippen molar-refractivity contribution in [3.05, 3.63) is 58.6 Å². The van der Waals surface area contributed by atoms with Crippen LogP contribution in [0.25, 0.3) is 0 Å². The lowest BCUT2D eigenvalue weighted by molar-refractivity contribution is 0.250. The Morgan fingerprint density at radius 2 is 1.84 bits per heavy atom. The van der Waals surface area contributed by atoms with Crippen molar-refractivity contribution in [3.63, 3.8) is 0 Å². The Balaban J connectivity index is 1.28. The first-order chi connectivity index (χ1) is 15.2. The van der Waals surface area contributed by atoms with Gasteiger partial charge >= 0.3 is 0 Å². The number of hydrogen-bond donors (Lipinski definition) is 0. The molecule has 31 heavy (non-hydrogen) atoms. The number of nitrogens with zero attached hydrogens (tertiary/aromatic N) is 4. The minimum absolute atomic E-state index is 0.0679. The zero-order valence-electron chi connectivity index (χ0n) is 18.3. The predicted octanol–water partition coefficient (Wildman–Crippen LogP) is 4.37. The molecule has 6 heteroatoms. The van der Waals surface area contributed by atoms with Crippen LogP contribution in [0.5, 0.6) is 5.75 Å². The Labute approximate surface area is 190 Å². The van der Waals surface area contributed by atoms with Gasteiger partial charge in [0.05, 0.1) is 24.8 Å². The summed E-state index contributed by atoms with van der Waals surface area (Å²) in [5, 5.41) is 10.4. The summed E-state index contributed by atoms with van der Waals surface area (Å²) in [6.07, 6.45) is 2.27. The molecule has 5 nitrogen and oxygen atoms in total. The van der Waals surface area contributed by atoms with Gasteiger partial charge in [0, 0.05) is 37.7 Å². The minimum Gasteiger partial charge on any atom is -0.495 e. The maximum absolute atomic E-state index is 9.56. The first-order valence-corrected chi connectivity index (χ1v) is 11.6. The normalized spacial score (nSPS) is 19.6. The van der Waals surface area contributed by atoms with Crippen LogP contribution in [0, 0.1) is 11.3 Å². The van der Waals surface area contributed by atoms with Gasteiger partial charge in [-0.2, -0.15) is 5.26 Å². The van der Waals surface area contributed by atoms with Gasteiger partial charge in [-0.1, -0.05) is 41.9 Å². The summed E-state index contributed by atoms with van der Waals surface area (Å²) in [6, 6.07) is 16.7. The van der Waals surface area contributed by atoms with Crippen LogP contribution in [0.15, 0.2) is 42.5 Å². The van der Waals surface area contributed by atoms with Gasteiger partial charge < -0.3 is 14.5 Å².